The number of hydrogen-bond donors (Lipinski definition) is 6. The van der Waals surface area contributed by atoms with Gasteiger partial charge in [-0.15, -0.1) is 0 Å². The van der Waals surface area contributed by atoms with Gasteiger partial charge in [0.05, 0.1) is 24.9 Å². The summed E-state index contributed by atoms with van der Waals surface area (Å²) in [5, 5.41) is 28.5. The van der Waals surface area contributed by atoms with Crippen molar-refractivity contribution in [3.05, 3.63) is 0 Å². The van der Waals surface area contributed by atoms with E-state index < -0.39 is 11.9 Å². The summed E-state index contributed by atoms with van der Waals surface area (Å²) in [7, 11) is 0. The van der Waals surface area contributed by atoms with Gasteiger partial charge in [0.15, 0.2) is 0 Å². The lowest BCUT2D eigenvalue weighted by Gasteiger charge is -2.01. The average molecular weight is 278 g/mol. The van der Waals surface area contributed by atoms with Crippen LogP contribution in [0.1, 0.15) is 26.7 Å². The Balaban J connectivity index is -0.000000264. The Morgan fingerprint density at radius 1 is 0.947 bits per heavy atom. The molecule has 8 N–H and O–H groups in total. The summed E-state index contributed by atoms with van der Waals surface area (Å²) in [6.45, 7) is 3.03. The average Bonchev–Trinajstić information content (AvgIpc) is 2.14. The van der Waals surface area contributed by atoms with E-state index in [-0.39, 0.29) is 11.7 Å². The van der Waals surface area contributed by atoms with Crippen molar-refractivity contribution in [3.63, 3.8) is 0 Å². The molecule has 0 saturated heterocycles. The largest absolute Gasteiger partial charge is 0.481 e. The highest BCUT2D eigenvalue weighted by atomic mass is 16.5. The van der Waals surface area contributed by atoms with E-state index in [1.54, 1.807) is 0 Å². The van der Waals surface area contributed by atoms with Crippen LogP contribution in [-0.4, -0.2) is 47.0 Å². The molecule has 0 aromatic rings. The maximum atomic E-state index is 9.00. The lowest BCUT2D eigenvalue weighted by Crippen LogP contribution is -2.15. The number of rotatable bonds is 6. The van der Waals surface area contributed by atoms with Gasteiger partial charge in [-0.05, 0) is 0 Å². The monoisotopic (exact) mass is 278 g/mol. The molecule has 0 saturated carbocycles. The van der Waals surface area contributed by atoms with Crippen molar-refractivity contribution in [2.45, 2.75) is 26.7 Å². The minimum Gasteiger partial charge on any atom is -0.481 e. The molecular weight excluding hydrogens is 256 g/mol. The molecule has 0 aliphatic heterocycles. The Bertz CT molecular complexity index is 258. The third kappa shape index (κ3) is 89.0. The summed E-state index contributed by atoms with van der Waals surface area (Å²) < 4.78 is 5.01. The molecule has 0 amide bonds. The molecule has 9 nitrogen and oxygen atoms in total. The Morgan fingerprint density at radius 2 is 1.16 bits per heavy atom. The highest BCUT2D eigenvalue weighted by Gasteiger charge is 1.92. The van der Waals surface area contributed by atoms with Gasteiger partial charge in [-0.3, -0.25) is 20.4 Å². The standard InChI is InChI=1S/C6H14N4O.2C2H4O2/c7-5(8)1-3-11-4-2-6(9)10;2*1-2(3)4/h1-4H2,(H3,7,8)(H3,9,10);2*1H3,(H,3,4). The highest BCUT2D eigenvalue weighted by Crippen LogP contribution is 1.84. The predicted molar refractivity (Wildman–Crippen MR) is 70.5 cm³/mol. The topological polar surface area (TPSA) is 184 Å². The second-order valence-corrected chi connectivity index (χ2v) is 3.20. The van der Waals surface area contributed by atoms with E-state index in [1.165, 1.54) is 0 Å². The van der Waals surface area contributed by atoms with Crippen LogP contribution < -0.4 is 11.5 Å². The molecule has 0 fully saturated rings. The highest BCUT2D eigenvalue weighted by molar-refractivity contribution is 5.77. The summed E-state index contributed by atoms with van der Waals surface area (Å²) in [4.78, 5) is 18.0. The molecule has 0 unspecified atom stereocenters. The molecular formula is C10H22N4O5. The van der Waals surface area contributed by atoms with Crippen molar-refractivity contribution in [1.29, 1.82) is 10.8 Å². The molecule has 0 heterocycles. The van der Waals surface area contributed by atoms with Gasteiger partial charge in [0.25, 0.3) is 11.9 Å². The van der Waals surface area contributed by atoms with Crippen LogP contribution in [0.15, 0.2) is 0 Å². The molecule has 0 aliphatic rings. The third-order valence-electron chi connectivity index (χ3n) is 1.03. The van der Waals surface area contributed by atoms with E-state index >= 15 is 0 Å². The summed E-state index contributed by atoms with van der Waals surface area (Å²) in [6.07, 6.45) is 0.885. The van der Waals surface area contributed by atoms with E-state index in [4.69, 9.17) is 46.8 Å². The van der Waals surface area contributed by atoms with Crippen molar-refractivity contribution < 1.29 is 24.5 Å². The van der Waals surface area contributed by atoms with Gasteiger partial charge in [-0.2, -0.15) is 0 Å². The van der Waals surface area contributed by atoms with Crippen LogP contribution in [0.4, 0.5) is 0 Å². The number of carbonyl (C=O) groups is 2. The first kappa shape index (κ1) is 22.1. The summed E-state index contributed by atoms with van der Waals surface area (Å²) in [5.41, 5.74) is 10.1. The van der Waals surface area contributed by atoms with Crippen molar-refractivity contribution in [2.75, 3.05) is 13.2 Å². The fraction of sp³-hybridized carbons (Fsp3) is 0.600. The molecule has 0 rings (SSSR count). The molecule has 0 aromatic heterocycles. The number of carboxylic acids is 2. The summed E-state index contributed by atoms with van der Waals surface area (Å²) in [6, 6.07) is 0. The zero-order chi connectivity index (χ0) is 15.8. The predicted octanol–water partition coefficient (Wildman–Crippen LogP) is -0.163. The van der Waals surface area contributed by atoms with E-state index in [0.29, 0.717) is 26.1 Å². The van der Waals surface area contributed by atoms with Crippen LogP contribution in [-0.2, 0) is 14.3 Å². The van der Waals surface area contributed by atoms with E-state index in [0.717, 1.165) is 13.8 Å². The number of carboxylic acid groups (broad SMARTS) is 2. The van der Waals surface area contributed by atoms with Gasteiger partial charge in [-0.1, -0.05) is 0 Å². The molecule has 0 radical (unpaired) electrons. The molecule has 19 heavy (non-hydrogen) atoms. The van der Waals surface area contributed by atoms with Gasteiger partial charge in [0.1, 0.15) is 0 Å². The van der Waals surface area contributed by atoms with Crippen molar-refractivity contribution in [3.8, 4) is 0 Å². The van der Waals surface area contributed by atoms with Crippen molar-refractivity contribution >= 4 is 23.6 Å². The maximum Gasteiger partial charge on any atom is 0.300 e. The normalized spacial score (nSPS) is 8.11. The Hall–Kier alpha value is -2.16. The van der Waals surface area contributed by atoms with Crippen LogP contribution in [0.5, 0.6) is 0 Å². The lowest BCUT2D eigenvalue weighted by atomic mass is 10.4. The second kappa shape index (κ2) is 15.8. The summed E-state index contributed by atoms with van der Waals surface area (Å²) >= 11 is 0. The first-order chi connectivity index (χ1) is 8.59. The third-order valence-corrected chi connectivity index (χ3v) is 1.03. The molecule has 0 aromatic carbocycles. The molecule has 0 aliphatic carbocycles. The van der Waals surface area contributed by atoms with Gasteiger partial charge in [0, 0.05) is 26.7 Å². The van der Waals surface area contributed by atoms with Gasteiger partial charge in [0.2, 0.25) is 0 Å². The number of nitrogens with one attached hydrogen (secondary N) is 2. The fourth-order valence-corrected chi connectivity index (χ4v) is 0.466. The number of aliphatic carboxylic acids is 2. The first-order valence-corrected chi connectivity index (χ1v) is 5.22. The minimum absolute atomic E-state index is 0.118. The number of nitrogens with two attached hydrogens (primary N) is 2. The fourth-order valence-electron chi connectivity index (χ4n) is 0.466. The molecule has 0 spiro atoms. The van der Waals surface area contributed by atoms with Gasteiger partial charge in [-0.25, -0.2) is 0 Å². The zero-order valence-electron chi connectivity index (χ0n) is 11.1. The van der Waals surface area contributed by atoms with Crippen LogP contribution in [0, 0.1) is 10.8 Å². The quantitative estimate of drug-likeness (QED) is 0.221. The van der Waals surface area contributed by atoms with E-state index in [9.17, 15) is 0 Å². The number of ether oxygens (including phenoxy) is 1. The van der Waals surface area contributed by atoms with Crippen molar-refractivity contribution in [1.82, 2.24) is 0 Å². The second-order valence-electron chi connectivity index (χ2n) is 3.20. The van der Waals surface area contributed by atoms with Gasteiger partial charge >= 0.3 is 0 Å². The van der Waals surface area contributed by atoms with Crippen LogP contribution in [0.25, 0.3) is 0 Å². The van der Waals surface area contributed by atoms with Crippen LogP contribution >= 0.6 is 0 Å². The van der Waals surface area contributed by atoms with Crippen LogP contribution in [0.2, 0.25) is 0 Å². The molecule has 112 valence electrons. The van der Waals surface area contributed by atoms with Crippen molar-refractivity contribution in [2.24, 2.45) is 11.5 Å². The Morgan fingerprint density at radius 3 is 1.32 bits per heavy atom. The lowest BCUT2D eigenvalue weighted by molar-refractivity contribution is -0.135. The Kier molecular flexibility index (Phi) is 18.4. The van der Waals surface area contributed by atoms with E-state index in [2.05, 4.69) is 0 Å². The minimum atomic E-state index is -0.833. The number of hydrogen-bond acceptors (Lipinski definition) is 5. The maximum absolute atomic E-state index is 9.00. The van der Waals surface area contributed by atoms with Crippen LogP contribution in [0.3, 0.4) is 0 Å². The van der Waals surface area contributed by atoms with E-state index in [1.807, 2.05) is 0 Å². The van der Waals surface area contributed by atoms with Gasteiger partial charge < -0.3 is 26.4 Å². The first-order valence-electron chi connectivity index (χ1n) is 5.22. The molecule has 0 atom stereocenters. The zero-order valence-corrected chi connectivity index (χ0v) is 11.1. The Labute approximate surface area is 111 Å². The number of amidine groups is 2. The SMILES string of the molecule is CC(=O)O.CC(=O)O.N=C(N)CCOCCC(=N)N. The molecule has 9 heteroatoms. The smallest absolute Gasteiger partial charge is 0.300 e. The summed E-state index contributed by atoms with van der Waals surface area (Å²) in [5.74, 6) is -1.43. The molecule has 0 bridgehead atoms.